The van der Waals surface area contributed by atoms with Gasteiger partial charge in [0.25, 0.3) is 0 Å². The number of aryl methyl sites for hydroxylation is 2. The van der Waals surface area contributed by atoms with Crippen LogP contribution in [0.5, 0.6) is 17.2 Å². The third-order valence-electron chi connectivity index (χ3n) is 8.35. The highest BCUT2D eigenvalue weighted by molar-refractivity contribution is 5.80. The fourth-order valence-corrected chi connectivity index (χ4v) is 5.43. The number of rotatable bonds is 14. The van der Waals surface area contributed by atoms with Gasteiger partial charge in [-0.25, -0.2) is 0 Å². The van der Waals surface area contributed by atoms with Crippen LogP contribution in [0.1, 0.15) is 60.9 Å². The molecule has 0 saturated carbocycles. The number of aliphatic carboxylic acids is 1. The zero-order chi connectivity index (χ0) is 29.4. The summed E-state index contributed by atoms with van der Waals surface area (Å²) in [7, 11) is 0. The molecule has 1 aliphatic rings. The number of carboxylic acid groups (broad SMARTS) is 1. The monoisotopic (exact) mass is 564 g/mol. The van der Waals surface area contributed by atoms with Gasteiger partial charge in [-0.05, 0) is 85.5 Å². The second-order valence-electron chi connectivity index (χ2n) is 11.3. The third-order valence-corrected chi connectivity index (χ3v) is 8.35. The van der Waals surface area contributed by atoms with Crippen molar-refractivity contribution in [1.82, 2.24) is 0 Å². The minimum atomic E-state index is -0.898. The van der Waals surface area contributed by atoms with Gasteiger partial charge in [-0.2, -0.15) is 0 Å². The highest BCUT2D eigenvalue weighted by Crippen LogP contribution is 2.37. The Labute approximate surface area is 249 Å². The summed E-state index contributed by atoms with van der Waals surface area (Å²) in [4.78, 5) is 11.8. The van der Waals surface area contributed by atoms with Gasteiger partial charge in [-0.15, -0.1) is 0 Å². The summed E-state index contributed by atoms with van der Waals surface area (Å²) < 4.78 is 18.8. The molecule has 0 spiro atoms. The Kier molecular flexibility index (Phi) is 9.48. The average molecular weight is 565 g/mol. The fourth-order valence-electron chi connectivity index (χ4n) is 5.43. The quantitative estimate of drug-likeness (QED) is 0.157. The molecule has 0 aromatic heterocycles. The minimum Gasteiger partial charge on any atom is -0.494 e. The number of hydrogen-bond donors (Lipinski definition) is 1. The van der Waals surface area contributed by atoms with E-state index in [1.165, 1.54) is 11.1 Å². The predicted molar refractivity (Wildman–Crippen MR) is 166 cm³/mol. The summed E-state index contributed by atoms with van der Waals surface area (Å²) in [5, 5.41) is 9.66. The molecule has 4 aromatic rings. The molecule has 5 rings (SSSR count). The maximum Gasteiger partial charge on any atom is 0.313 e. The van der Waals surface area contributed by atoms with E-state index in [1.807, 2.05) is 49.4 Å². The van der Waals surface area contributed by atoms with Crippen LogP contribution in [0, 0.1) is 0 Å². The molecule has 5 heteroatoms. The molecule has 5 nitrogen and oxygen atoms in total. The van der Waals surface area contributed by atoms with Crippen molar-refractivity contribution < 1.29 is 24.1 Å². The zero-order valence-corrected chi connectivity index (χ0v) is 24.6. The Morgan fingerprint density at radius 1 is 0.905 bits per heavy atom. The van der Waals surface area contributed by atoms with E-state index in [0.29, 0.717) is 19.6 Å². The second-order valence-corrected chi connectivity index (χ2v) is 11.3. The molecule has 4 aromatic carbocycles. The zero-order valence-electron chi connectivity index (χ0n) is 24.6. The van der Waals surface area contributed by atoms with Crippen molar-refractivity contribution in [2.24, 2.45) is 0 Å². The van der Waals surface area contributed by atoms with Gasteiger partial charge in [0.05, 0.1) is 12.0 Å². The Bertz CT molecular complexity index is 1450. The molecular weight excluding hydrogens is 524 g/mol. The van der Waals surface area contributed by atoms with Crippen LogP contribution in [0.15, 0.2) is 97.1 Å². The molecule has 42 heavy (non-hydrogen) atoms. The molecule has 218 valence electrons. The van der Waals surface area contributed by atoms with Gasteiger partial charge < -0.3 is 19.3 Å². The first-order valence-electron chi connectivity index (χ1n) is 14.9. The molecule has 0 amide bonds. The van der Waals surface area contributed by atoms with Crippen LogP contribution in [-0.2, 0) is 36.1 Å². The van der Waals surface area contributed by atoms with Crippen molar-refractivity contribution in [3.05, 3.63) is 125 Å². The van der Waals surface area contributed by atoms with E-state index in [0.717, 1.165) is 66.0 Å². The number of carbonyl (C=O) groups is 1. The standard InChI is InChI=1S/C37H40O5/c1-3-37(2,36(38)39)31-17-20-32(21-18-31)40-22-10-15-29-24-35-30(25-34(29)41-26-28-13-8-5-9-14-28)23-33(42-35)19-16-27-11-6-4-7-12-27/h4-9,11-14,17-18,20-21,24-25,33H,3,10,15-16,19,22-23,26H2,1-2H3,(H,38,39). The van der Waals surface area contributed by atoms with Crippen molar-refractivity contribution in [3.63, 3.8) is 0 Å². The van der Waals surface area contributed by atoms with Crippen LogP contribution < -0.4 is 14.2 Å². The minimum absolute atomic E-state index is 0.166. The lowest BCUT2D eigenvalue weighted by Crippen LogP contribution is -2.31. The molecule has 1 heterocycles. The van der Waals surface area contributed by atoms with E-state index in [1.54, 1.807) is 6.92 Å². The number of fused-ring (bicyclic) bond motifs is 1. The first-order valence-corrected chi connectivity index (χ1v) is 14.9. The summed E-state index contributed by atoms with van der Waals surface area (Å²) in [6.45, 7) is 4.71. The summed E-state index contributed by atoms with van der Waals surface area (Å²) in [5.74, 6) is 1.79. The normalized spacial score (nSPS) is 15.3. The van der Waals surface area contributed by atoms with Gasteiger partial charge in [0.1, 0.15) is 30.0 Å². The maximum atomic E-state index is 11.8. The van der Waals surface area contributed by atoms with E-state index in [2.05, 4.69) is 54.6 Å². The molecule has 0 aliphatic carbocycles. The van der Waals surface area contributed by atoms with Gasteiger partial charge >= 0.3 is 5.97 Å². The molecule has 2 atom stereocenters. The first-order chi connectivity index (χ1) is 20.4. The first kappa shape index (κ1) is 29.2. The van der Waals surface area contributed by atoms with Gasteiger partial charge in [-0.3, -0.25) is 4.79 Å². The average Bonchev–Trinajstić information content (AvgIpc) is 3.43. The number of hydrogen-bond acceptors (Lipinski definition) is 4. The molecular formula is C37H40O5. The van der Waals surface area contributed by atoms with Crippen LogP contribution in [-0.4, -0.2) is 23.8 Å². The Morgan fingerprint density at radius 3 is 2.26 bits per heavy atom. The third kappa shape index (κ3) is 7.14. The highest BCUT2D eigenvalue weighted by Gasteiger charge is 2.33. The van der Waals surface area contributed by atoms with E-state index in [9.17, 15) is 9.90 Å². The predicted octanol–water partition coefficient (Wildman–Crippen LogP) is 7.97. The summed E-state index contributed by atoms with van der Waals surface area (Å²) in [6.07, 6.45) is 5.15. The lowest BCUT2D eigenvalue weighted by molar-refractivity contribution is -0.143. The van der Waals surface area contributed by atoms with Crippen molar-refractivity contribution in [2.75, 3.05) is 6.61 Å². The molecule has 0 fully saturated rings. The molecule has 2 unspecified atom stereocenters. The van der Waals surface area contributed by atoms with Gasteiger partial charge in [0.2, 0.25) is 0 Å². The number of ether oxygens (including phenoxy) is 3. The lowest BCUT2D eigenvalue weighted by Gasteiger charge is -2.23. The molecule has 0 radical (unpaired) electrons. The van der Waals surface area contributed by atoms with Crippen molar-refractivity contribution in [1.29, 1.82) is 0 Å². The largest absolute Gasteiger partial charge is 0.494 e. The van der Waals surface area contributed by atoms with Gasteiger partial charge in [0.15, 0.2) is 0 Å². The van der Waals surface area contributed by atoms with Gasteiger partial charge in [-0.1, -0.05) is 79.7 Å². The van der Waals surface area contributed by atoms with E-state index in [-0.39, 0.29) is 6.10 Å². The van der Waals surface area contributed by atoms with E-state index in [4.69, 9.17) is 14.2 Å². The smallest absolute Gasteiger partial charge is 0.313 e. The lowest BCUT2D eigenvalue weighted by atomic mass is 9.80. The van der Waals surface area contributed by atoms with E-state index < -0.39 is 11.4 Å². The van der Waals surface area contributed by atoms with Crippen molar-refractivity contribution >= 4 is 5.97 Å². The van der Waals surface area contributed by atoms with Crippen LogP contribution in [0.4, 0.5) is 0 Å². The SMILES string of the molecule is CCC(C)(C(=O)O)c1ccc(OCCCc2cc3c(cc2OCc2ccccc2)CC(CCc2ccccc2)O3)cc1. The Balaban J connectivity index is 1.21. The Hall–Kier alpha value is -4.25. The number of carboxylic acids is 1. The topological polar surface area (TPSA) is 65.0 Å². The molecule has 1 N–H and O–H groups in total. The van der Waals surface area contributed by atoms with Gasteiger partial charge in [0, 0.05) is 12.0 Å². The molecule has 1 aliphatic heterocycles. The summed E-state index contributed by atoms with van der Waals surface area (Å²) in [5.41, 5.74) is 4.68. The van der Waals surface area contributed by atoms with Crippen LogP contribution in [0.3, 0.4) is 0 Å². The molecule has 0 bridgehead atoms. The fraction of sp³-hybridized carbons (Fsp3) is 0.324. The van der Waals surface area contributed by atoms with E-state index >= 15 is 0 Å². The Morgan fingerprint density at radius 2 is 1.60 bits per heavy atom. The van der Waals surface area contributed by atoms with Crippen LogP contribution in [0.25, 0.3) is 0 Å². The number of benzene rings is 4. The van der Waals surface area contributed by atoms with Crippen LogP contribution >= 0.6 is 0 Å². The summed E-state index contributed by atoms with van der Waals surface area (Å²) in [6, 6.07) is 32.6. The second kappa shape index (κ2) is 13.6. The van der Waals surface area contributed by atoms with Crippen LogP contribution in [0.2, 0.25) is 0 Å². The maximum absolute atomic E-state index is 11.8. The van der Waals surface area contributed by atoms with Crippen molar-refractivity contribution in [3.8, 4) is 17.2 Å². The highest BCUT2D eigenvalue weighted by atomic mass is 16.5. The summed E-state index contributed by atoms with van der Waals surface area (Å²) >= 11 is 0. The van der Waals surface area contributed by atoms with Crippen molar-refractivity contribution in [2.45, 2.75) is 70.5 Å². The molecule has 0 saturated heterocycles.